The molecule has 0 atom stereocenters. The van der Waals surface area contributed by atoms with Gasteiger partial charge in [0.25, 0.3) is 5.91 Å². The first-order valence-electron chi connectivity index (χ1n) is 5.67. The van der Waals surface area contributed by atoms with E-state index in [1.807, 2.05) is 18.2 Å². The zero-order valence-corrected chi connectivity index (χ0v) is 10.4. The number of carbonyl (C=O) groups excluding carboxylic acids is 1. The Bertz CT molecular complexity index is 399. The highest BCUT2D eigenvalue weighted by molar-refractivity contribution is 7.80. The molecule has 1 aromatic carbocycles. The van der Waals surface area contributed by atoms with Crippen molar-refractivity contribution in [3.8, 4) is 0 Å². The number of nitrogens with one attached hydrogen (secondary N) is 1. The molecule has 86 valence electrons. The molecule has 0 heterocycles. The van der Waals surface area contributed by atoms with Gasteiger partial charge >= 0.3 is 0 Å². The van der Waals surface area contributed by atoms with Crippen LogP contribution in [0.2, 0.25) is 0 Å². The Labute approximate surface area is 102 Å². The van der Waals surface area contributed by atoms with Crippen LogP contribution in [0.3, 0.4) is 0 Å². The summed E-state index contributed by atoms with van der Waals surface area (Å²) in [6.45, 7) is 3.00. The summed E-state index contributed by atoms with van der Waals surface area (Å²) in [5.41, 5.74) is 0.982. The van der Waals surface area contributed by atoms with Gasteiger partial charge in [0.15, 0.2) is 0 Å². The molecule has 0 bridgehead atoms. The van der Waals surface area contributed by atoms with Crippen LogP contribution in [0, 0.1) is 5.41 Å². The van der Waals surface area contributed by atoms with E-state index in [0.29, 0.717) is 11.0 Å². The van der Waals surface area contributed by atoms with E-state index in [0.717, 1.165) is 11.4 Å². The summed E-state index contributed by atoms with van der Waals surface area (Å²) in [6, 6.07) is 7.38. The van der Waals surface area contributed by atoms with Crippen LogP contribution in [-0.4, -0.2) is 12.5 Å². The molecule has 0 saturated heterocycles. The fraction of sp³-hybridized carbons (Fsp3) is 0.462. The van der Waals surface area contributed by atoms with Crippen LogP contribution in [0.5, 0.6) is 0 Å². The fourth-order valence-corrected chi connectivity index (χ4v) is 2.27. The number of hydrogen-bond donors (Lipinski definition) is 2. The van der Waals surface area contributed by atoms with Crippen molar-refractivity contribution < 1.29 is 4.79 Å². The van der Waals surface area contributed by atoms with Gasteiger partial charge in [0.2, 0.25) is 0 Å². The number of thiol groups is 1. The Balaban J connectivity index is 1.96. The van der Waals surface area contributed by atoms with Gasteiger partial charge in [0, 0.05) is 11.4 Å². The van der Waals surface area contributed by atoms with E-state index in [4.69, 9.17) is 0 Å². The minimum absolute atomic E-state index is 0.0151. The summed E-state index contributed by atoms with van der Waals surface area (Å²) < 4.78 is 0. The molecule has 0 radical (unpaired) electrons. The Morgan fingerprint density at radius 1 is 1.44 bits per heavy atom. The standard InChI is InChI=1S/C13H17NOS/c1-13(7-4-8-13)9-14-12(15)10-5-2-3-6-11(10)16/h2-3,5-6,16H,4,7-9H2,1H3,(H,14,15). The number of carbonyl (C=O) groups is 1. The van der Waals surface area contributed by atoms with E-state index >= 15 is 0 Å². The average Bonchev–Trinajstić information content (AvgIpc) is 2.24. The molecule has 0 aliphatic heterocycles. The lowest BCUT2D eigenvalue weighted by atomic mass is 9.70. The molecule has 0 aromatic heterocycles. The van der Waals surface area contributed by atoms with Gasteiger partial charge in [-0.1, -0.05) is 25.5 Å². The number of benzene rings is 1. The van der Waals surface area contributed by atoms with Crippen molar-refractivity contribution in [3.05, 3.63) is 29.8 Å². The lowest BCUT2D eigenvalue weighted by Gasteiger charge is -2.38. The minimum Gasteiger partial charge on any atom is -0.351 e. The van der Waals surface area contributed by atoms with E-state index in [1.54, 1.807) is 6.07 Å². The predicted molar refractivity (Wildman–Crippen MR) is 68.0 cm³/mol. The van der Waals surface area contributed by atoms with Crippen molar-refractivity contribution >= 4 is 18.5 Å². The first kappa shape index (κ1) is 11.5. The molecule has 1 saturated carbocycles. The Kier molecular flexibility index (Phi) is 3.24. The van der Waals surface area contributed by atoms with Crippen molar-refractivity contribution in [1.82, 2.24) is 5.32 Å². The maximum atomic E-state index is 11.9. The zero-order chi connectivity index (χ0) is 11.6. The van der Waals surface area contributed by atoms with Crippen LogP contribution in [0.15, 0.2) is 29.2 Å². The summed E-state index contributed by atoms with van der Waals surface area (Å²) in [5, 5.41) is 2.99. The molecular formula is C13H17NOS. The highest BCUT2D eigenvalue weighted by atomic mass is 32.1. The topological polar surface area (TPSA) is 29.1 Å². The Morgan fingerprint density at radius 3 is 2.69 bits per heavy atom. The molecule has 2 nitrogen and oxygen atoms in total. The van der Waals surface area contributed by atoms with E-state index in [2.05, 4.69) is 24.9 Å². The highest BCUT2D eigenvalue weighted by Gasteiger charge is 2.31. The number of hydrogen-bond acceptors (Lipinski definition) is 2. The van der Waals surface area contributed by atoms with Crippen molar-refractivity contribution in [2.75, 3.05) is 6.54 Å². The van der Waals surface area contributed by atoms with Gasteiger partial charge in [0.1, 0.15) is 0 Å². The van der Waals surface area contributed by atoms with Crippen LogP contribution in [0.4, 0.5) is 0 Å². The summed E-state index contributed by atoms with van der Waals surface area (Å²) in [6.07, 6.45) is 3.72. The normalized spacial score (nSPS) is 17.6. The molecule has 0 unspecified atom stereocenters. The quantitative estimate of drug-likeness (QED) is 0.775. The lowest BCUT2D eigenvalue weighted by Crippen LogP contribution is -2.40. The van der Waals surface area contributed by atoms with E-state index < -0.39 is 0 Å². The van der Waals surface area contributed by atoms with E-state index in [-0.39, 0.29) is 5.91 Å². The molecular weight excluding hydrogens is 218 g/mol. The van der Waals surface area contributed by atoms with Crippen LogP contribution >= 0.6 is 12.6 Å². The summed E-state index contributed by atoms with van der Waals surface area (Å²) in [5.74, 6) is -0.0151. The fourth-order valence-electron chi connectivity index (χ4n) is 2.01. The highest BCUT2D eigenvalue weighted by Crippen LogP contribution is 2.39. The number of amides is 1. The van der Waals surface area contributed by atoms with Gasteiger partial charge in [-0.3, -0.25) is 4.79 Å². The minimum atomic E-state index is -0.0151. The van der Waals surface area contributed by atoms with E-state index in [9.17, 15) is 4.79 Å². The van der Waals surface area contributed by atoms with Gasteiger partial charge in [-0.15, -0.1) is 12.6 Å². The van der Waals surface area contributed by atoms with Crippen molar-refractivity contribution in [2.45, 2.75) is 31.1 Å². The summed E-state index contributed by atoms with van der Waals surface area (Å²) >= 11 is 4.28. The molecule has 2 rings (SSSR count). The summed E-state index contributed by atoms with van der Waals surface area (Å²) in [4.78, 5) is 12.6. The maximum absolute atomic E-state index is 11.9. The predicted octanol–water partition coefficient (Wildman–Crippen LogP) is 2.90. The first-order chi connectivity index (χ1) is 7.61. The second-order valence-electron chi connectivity index (χ2n) is 4.86. The second kappa shape index (κ2) is 4.50. The summed E-state index contributed by atoms with van der Waals surface area (Å²) in [7, 11) is 0. The monoisotopic (exact) mass is 235 g/mol. The molecule has 1 fully saturated rings. The first-order valence-corrected chi connectivity index (χ1v) is 6.12. The molecule has 1 amide bonds. The van der Waals surface area contributed by atoms with Gasteiger partial charge in [-0.25, -0.2) is 0 Å². The smallest absolute Gasteiger partial charge is 0.252 e. The molecule has 0 spiro atoms. The van der Waals surface area contributed by atoms with Crippen molar-refractivity contribution in [3.63, 3.8) is 0 Å². The third kappa shape index (κ3) is 2.40. The Hall–Kier alpha value is -0.960. The maximum Gasteiger partial charge on any atom is 0.252 e. The number of rotatable bonds is 3. The molecule has 16 heavy (non-hydrogen) atoms. The van der Waals surface area contributed by atoms with Crippen LogP contribution in [0.1, 0.15) is 36.5 Å². The van der Waals surface area contributed by atoms with Crippen LogP contribution in [0.25, 0.3) is 0 Å². The zero-order valence-electron chi connectivity index (χ0n) is 9.49. The second-order valence-corrected chi connectivity index (χ2v) is 5.35. The lowest BCUT2D eigenvalue weighted by molar-refractivity contribution is 0.0888. The molecule has 3 heteroatoms. The van der Waals surface area contributed by atoms with Gasteiger partial charge < -0.3 is 5.32 Å². The van der Waals surface area contributed by atoms with Gasteiger partial charge in [-0.05, 0) is 30.4 Å². The molecule has 1 N–H and O–H groups in total. The largest absolute Gasteiger partial charge is 0.351 e. The van der Waals surface area contributed by atoms with Crippen molar-refractivity contribution in [1.29, 1.82) is 0 Å². The molecule has 1 aromatic rings. The third-order valence-corrected chi connectivity index (χ3v) is 3.78. The van der Waals surface area contributed by atoms with Crippen LogP contribution in [-0.2, 0) is 0 Å². The van der Waals surface area contributed by atoms with Crippen molar-refractivity contribution in [2.24, 2.45) is 5.41 Å². The van der Waals surface area contributed by atoms with Gasteiger partial charge in [-0.2, -0.15) is 0 Å². The SMILES string of the molecule is CC1(CNC(=O)c2ccccc2S)CCC1. The van der Waals surface area contributed by atoms with E-state index in [1.165, 1.54) is 19.3 Å². The van der Waals surface area contributed by atoms with Crippen LogP contribution < -0.4 is 5.32 Å². The van der Waals surface area contributed by atoms with Gasteiger partial charge in [0.05, 0.1) is 5.56 Å². The average molecular weight is 235 g/mol. The third-order valence-electron chi connectivity index (χ3n) is 3.39. The molecule has 1 aliphatic rings. The molecule has 1 aliphatic carbocycles. The Morgan fingerprint density at radius 2 is 2.12 bits per heavy atom.